The second kappa shape index (κ2) is 7.57. The summed E-state index contributed by atoms with van der Waals surface area (Å²) in [7, 11) is 1.87. The molecule has 3 rings (SSSR count). The molecule has 0 unspecified atom stereocenters. The normalized spacial score (nSPS) is 18.5. The predicted octanol–water partition coefficient (Wildman–Crippen LogP) is 2.75. The van der Waals surface area contributed by atoms with Gasteiger partial charge in [-0.3, -0.25) is 4.79 Å². The van der Waals surface area contributed by atoms with Crippen molar-refractivity contribution in [2.75, 3.05) is 13.7 Å². The number of aromatic nitrogens is 3. The SMILES string of the molecule is C[C@H](c1ccc(-n2cncn2)cc1)N(C)C(=O)CC[C@@H]1CCCO1. The van der Waals surface area contributed by atoms with Crippen molar-refractivity contribution >= 4 is 5.91 Å². The summed E-state index contributed by atoms with van der Waals surface area (Å²) in [5, 5.41) is 4.12. The Kier molecular flexibility index (Phi) is 5.25. The van der Waals surface area contributed by atoms with Crippen LogP contribution in [0.5, 0.6) is 0 Å². The molecule has 0 radical (unpaired) electrons. The number of benzene rings is 1. The lowest BCUT2D eigenvalue weighted by molar-refractivity contribution is -0.132. The highest BCUT2D eigenvalue weighted by atomic mass is 16.5. The van der Waals surface area contributed by atoms with Crippen LogP contribution in [0.25, 0.3) is 5.69 Å². The molecule has 0 spiro atoms. The summed E-state index contributed by atoms with van der Waals surface area (Å²) in [6.07, 6.45) is 7.00. The lowest BCUT2D eigenvalue weighted by atomic mass is 10.1. The van der Waals surface area contributed by atoms with Gasteiger partial charge in [-0.25, -0.2) is 9.67 Å². The van der Waals surface area contributed by atoms with E-state index in [4.69, 9.17) is 4.74 Å². The van der Waals surface area contributed by atoms with Gasteiger partial charge in [-0.1, -0.05) is 12.1 Å². The van der Waals surface area contributed by atoms with Gasteiger partial charge in [0.25, 0.3) is 0 Å². The van der Waals surface area contributed by atoms with E-state index in [1.807, 2.05) is 36.2 Å². The lowest BCUT2D eigenvalue weighted by Gasteiger charge is -2.26. The van der Waals surface area contributed by atoms with Crippen LogP contribution in [-0.2, 0) is 9.53 Å². The van der Waals surface area contributed by atoms with Crippen molar-refractivity contribution in [2.45, 2.75) is 44.8 Å². The van der Waals surface area contributed by atoms with Crippen molar-refractivity contribution in [3.05, 3.63) is 42.5 Å². The molecule has 1 aliphatic rings. The average molecular weight is 328 g/mol. The minimum atomic E-state index is 0.0341. The highest BCUT2D eigenvalue weighted by Gasteiger charge is 2.21. The summed E-state index contributed by atoms with van der Waals surface area (Å²) >= 11 is 0. The maximum Gasteiger partial charge on any atom is 0.222 e. The number of carbonyl (C=O) groups excluding carboxylic acids is 1. The third-order valence-electron chi connectivity index (χ3n) is 4.74. The molecule has 1 aromatic heterocycles. The first-order valence-electron chi connectivity index (χ1n) is 8.47. The number of rotatable bonds is 6. The van der Waals surface area contributed by atoms with E-state index >= 15 is 0 Å². The van der Waals surface area contributed by atoms with Crippen molar-refractivity contribution < 1.29 is 9.53 Å². The molecular weight excluding hydrogens is 304 g/mol. The molecular formula is C18H24N4O2. The number of nitrogens with zero attached hydrogens (tertiary/aromatic N) is 4. The molecule has 2 atom stereocenters. The first-order valence-corrected chi connectivity index (χ1v) is 8.47. The molecule has 0 aliphatic carbocycles. The fraction of sp³-hybridized carbons (Fsp3) is 0.500. The van der Waals surface area contributed by atoms with E-state index in [2.05, 4.69) is 17.0 Å². The van der Waals surface area contributed by atoms with Crippen molar-refractivity contribution in [1.29, 1.82) is 0 Å². The first kappa shape index (κ1) is 16.6. The standard InChI is InChI=1S/C18H24N4O2/c1-14(21(2)18(23)10-9-17-4-3-11-24-17)15-5-7-16(8-6-15)22-13-19-12-20-22/h5-8,12-14,17H,3-4,9-11H2,1-2H3/t14-,17+/m1/s1. The van der Waals surface area contributed by atoms with Gasteiger partial charge < -0.3 is 9.64 Å². The summed E-state index contributed by atoms with van der Waals surface area (Å²) in [4.78, 5) is 18.2. The Bertz CT molecular complexity index is 648. The average Bonchev–Trinajstić information content (AvgIpc) is 3.32. The molecule has 1 amide bonds. The summed E-state index contributed by atoms with van der Waals surface area (Å²) < 4.78 is 7.31. The molecule has 24 heavy (non-hydrogen) atoms. The van der Waals surface area contributed by atoms with Crippen LogP contribution in [0.4, 0.5) is 0 Å². The van der Waals surface area contributed by atoms with E-state index in [1.54, 1.807) is 11.0 Å². The molecule has 2 heterocycles. The molecule has 0 N–H and O–H groups in total. The Morgan fingerprint density at radius 1 is 1.42 bits per heavy atom. The number of carbonyl (C=O) groups is 1. The second-order valence-electron chi connectivity index (χ2n) is 6.29. The van der Waals surface area contributed by atoms with Crippen molar-refractivity contribution in [1.82, 2.24) is 19.7 Å². The van der Waals surface area contributed by atoms with E-state index in [9.17, 15) is 4.79 Å². The Labute approximate surface area is 142 Å². The molecule has 1 fully saturated rings. The Morgan fingerprint density at radius 2 is 2.21 bits per heavy atom. The minimum Gasteiger partial charge on any atom is -0.378 e. The third-order valence-corrected chi connectivity index (χ3v) is 4.74. The molecule has 6 heteroatoms. The van der Waals surface area contributed by atoms with Gasteiger partial charge >= 0.3 is 0 Å². The van der Waals surface area contributed by atoms with Gasteiger partial charge in [0.2, 0.25) is 5.91 Å². The van der Waals surface area contributed by atoms with Crippen LogP contribution in [-0.4, -0.2) is 45.3 Å². The Hall–Kier alpha value is -2.21. The summed E-state index contributed by atoms with van der Waals surface area (Å²) in [6, 6.07) is 8.08. The van der Waals surface area contributed by atoms with Crippen molar-refractivity contribution in [3.63, 3.8) is 0 Å². The van der Waals surface area contributed by atoms with Crippen LogP contribution < -0.4 is 0 Å². The summed E-state index contributed by atoms with van der Waals surface area (Å²) in [6.45, 7) is 2.89. The Balaban J connectivity index is 1.57. The molecule has 128 valence electrons. The van der Waals surface area contributed by atoms with Gasteiger partial charge in [-0.15, -0.1) is 0 Å². The van der Waals surface area contributed by atoms with E-state index < -0.39 is 0 Å². The van der Waals surface area contributed by atoms with Gasteiger partial charge in [0.1, 0.15) is 12.7 Å². The van der Waals surface area contributed by atoms with E-state index in [0.717, 1.165) is 37.1 Å². The maximum atomic E-state index is 12.4. The molecule has 1 aliphatic heterocycles. The summed E-state index contributed by atoms with van der Waals surface area (Å²) in [5.41, 5.74) is 2.06. The van der Waals surface area contributed by atoms with Gasteiger partial charge in [0.05, 0.1) is 17.8 Å². The topological polar surface area (TPSA) is 60.2 Å². The second-order valence-corrected chi connectivity index (χ2v) is 6.29. The summed E-state index contributed by atoms with van der Waals surface area (Å²) in [5.74, 6) is 0.165. The minimum absolute atomic E-state index is 0.0341. The first-order chi connectivity index (χ1) is 11.6. The number of amides is 1. The highest BCUT2D eigenvalue weighted by molar-refractivity contribution is 5.76. The fourth-order valence-corrected chi connectivity index (χ4v) is 3.02. The molecule has 0 saturated carbocycles. The van der Waals surface area contributed by atoms with E-state index in [0.29, 0.717) is 6.42 Å². The van der Waals surface area contributed by atoms with Crippen LogP contribution in [0.15, 0.2) is 36.9 Å². The van der Waals surface area contributed by atoms with Crippen LogP contribution in [0.1, 0.15) is 44.2 Å². The van der Waals surface area contributed by atoms with Crippen LogP contribution in [0.3, 0.4) is 0 Å². The zero-order chi connectivity index (χ0) is 16.9. The predicted molar refractivity (Wildman–Crippen MR) is 90.8 cm³/mol. The largest absolute Gasteiger partial charge is 0.378 e. The van der Waals surface area contributed by atoms with Gasteiger partial charge in [0.15, 0.2) is 0 Å². The molecule has 0 bridgehead atoms. The molecule has 6 nitrogen and oxygen atoms in total. The van der Waals surface area contributed by atoms with Gasteiger partial charge in [0, 0.05) is 20.1 Å². The zero-order valence-electron chi connectivity index (χ0n) is 14.3. The number of hydrogen-bond acceptors (Lipinski definition) is 4. The van der Waals surface area contributed by atoms with Gasteiger partial charge in [-0.05, 0) is 43.9 Å². The van der Waals surface area contributed by atoms with Crippen LogP contribution >= 0.6 is 0 Å². The Morgan fingerprint density at radius 3 is 2.83 bits per heavy atom. The quantitative estimate of drug-likeness (QED) is 0.818. The fourth-order valence-electron chi connectivity index (χ4n) is 3.02. The van der Waals surface area contributed by atoms with Crippen LogP contribution in [0.2, 0.25) is 0 Å². The third kappa shape index (κ3) is 3.82. The molecule has 1 aromatic carbocycles. The van der Waals surface area contributed by atoms with E-state index in [-0.39, 0.29) is 18.1 Å². The van der Waals surface area contributed by atoms with Crippen molar-refractivity contribution in [3.8, 4) is 5.69 Å². The molecule has 1 saturated heterocycles. The monoisotopic (exact) mass is 328 g/mol. The van der Waals surface area contributed by atoms with E-state index in [1.165, 1.54) is 6.33 Å². The number of hydrogen-bond donors (Lipinski definition) is 0. The lowest BCUT2D eigenvalue weighted by Crippen LogP contribution is -2.30. The smallest absolute Gasteiger partial charge is 0.222 e. The number of ether oxygens (including phenoxy) is 1. The zero-order valence-corrected chi connectivity index (χ0v) is 14.3. The van der Waals surface area contributed by atoms with Crippen LogP contribution in [0, 0.1) is 0 Å². The maximum absolute atomic E-state index is 12.4. The highest BCUT2D eigenvalue weighted by Crippen LogP contribution is 2.22. The van der Waals surface area contributed by atoms with Crippen molar-refractivity contribution in [2.24, 2.45) is 0 Å². The molecule has 2 aromatic rings. The van der Waals surface area contributed by atoms with Gasteiger partial charge in [-0.2, -0.15) is 5.10 Å².